The second-order valence-corrected chi connectivity index (χ2v) is 8.37. The quantitative estimate of drug-likeness (QED) is 0.670. The molecule has 2 heterocycles. The molecule has 0 amide bonds. The predicted octanol–water partition coefficient (Wildman–Crippen LogP) is 4.85. The molecule has 0 aromatic rings. The first-order chi connectivity index (χ1) is 10.3. The molecular formula is C20H38N2. The van der Waals surface area contributed by atoms with Crippen molar-refractivity contribution < 1.29 is 0 Å². The number of hydrogen-bond donors (Lipinski definition) is 0. The lowest BCUT2D eigenvalue weighted by Crippen LogP contribution is -2.57. The maximum atomic E-state index is 2.75. The molecule has 0 aromatic carbocycles. The van der Waals surface area contributed by atoms with Crippen LogP contribution in [0.3, 0.4) is 0 Å². The average molecular weight is 307 g/mol. The number of allylic oxidation sites excluding steroid dienone is 1. The minimum absolute atomic E-state index is 0.173. The van der Waals surface area contributed by atoms with Gasteiger partial charge >= 0.3 is 0 Å². The molecule has 0 radical (unpaired) electrons. The minimum atomic E-state index is 0.173. The summed E-state index contributed by atoms with van der Waals surface area (Å²) in [4.78, 5) is 5.48. The fourth-order valence-electron chi connectivity index (χ4n) is 5.02. The van der Waals surface area contributed by atoms with E-state index in [0.29, 0.717) is 0 Å². The first-order valence-electron chi connectivity index (χ1n) is 9.52. The highest BCUT2D eigenvalue weighted by Crippen LogP contribution is 2.41. The van der Waals surface area contributed by atoms with Gasteiger partial charge in [-0.15, -0.1) is 0 Å². The van der Waals surface area contributed by atoms with Crippen LogP contribution in [0.25, 0.3) is 0 Å². The SMILES string of the molecule is CC/C(C)=C(\C(C)(C)N1CCCCC1)C(C)(C)N1CCCC1. The van der Waals surface area contributed by atoms with E-state index >= 15 is 0 Å². The molecule has 2 saturated heterocycles. The van der Waals surface area contributed by atoms with E-state index in [1.54, 1.807) is 11.1 Å². The van der Waals surface area contributed by atoms with E-state index in [1.807, 2.05) is 0 Å². The second kappa shape index (κ2) is 7.05. The molecule has 2 rings (SSSR count). The molecule has 0 spiro atoms. The van der Waals surface area contributed by atoms with Gasteiger partial charge in [0.05, 0.1) is 0 Å². The summed E-state index contributed by atoms with van der Waals surface area (Å²) < 4.78 is 0. The van der Waals surface area contributed by atoms with E-state index in [-0.39, 0.29) is 11.1 Å². The zero-order chi connectivity index (χ0) is 16.4. The van der Waals surface area contributed by atoms with Crippen molar-refractivity contribution in [3.05, 3.63) is 11.1 Å². The van der Waals surface area contributed by atoms with Crippen LogP contribution in [0.4, 0.5) is 0 Å². The van der Waals surface area contributed by atoms with Crippen LogP contribution in [0, 0.1) is 0 Å². The summed E-state index contributed by atoms with van der Waals surface area (Å²) in [5.41, 5.74) is 3.64. The van der Waals surface area contributed by atoms with Crippen LogP contribution < -0.4 is 0 Å². The third-order valence-electron chi connectivity index (χ3n) is 6.22. The zero-order valence-electron chi connectivity index (χ0n) is 16.0. The summed E-state index contributed by atoms with van der Waals surface area (Å²) in [6.45, 7) is 19.7. The Morgan fingerprint density at radius 3 is 1.45 bits per heavy atom. The number of rotatable bonds is 5. The smallest absolute Gasteiger partial charge is 0.0384 e. The molecule has 22 heavy (non-hydrogen) atoms. The third-order valence-corrected chi connectivity index (χ3v) is 6.22. The predicted molar refractivity (Wildman–Crippen MR) is 97.4 cm³/mol. The van der Waals surface area contributed by atoms with Crippen molar-refractivity contribution in [3.63, 3.8) is 0 Å². The van der Waals surface area contributed by atoms with Crippen molar-refractivity contribution in [2.75, 3.05) is 26.2 Å². The van der Waals surface area contributed by atoms with Gasteiger partial charge in [0, 0.05) is 11.1 Å². The highest BCUT2D eigenvalue weighted by molar-refractivity contribution is 5.34. The largest absolute Gasteiger partial charge is 0.294 e. The molecule has 2 heteroatoms. The van der Waals surface area contributed by atoms with Crippen molar-refractivity contribution in [1.29, 1.82) is 0 Å². The van der Waals surface area contributed by atoms with Gasteiger partial charge in [-0.05, 0) is 98.5 Å². The van der Waals surface area contributed by atoms with Crippen LogP contribution in [-0.2, 0) is 0 Å². The molecule has 0 aromatic heterocycles. The molecule has 0 atom stereocenters. The maximum absolute atomic E-state index is 2.75. The van der Waals surface area contributed by atoms with Gasteiger partial charge in [0.25, 0.3) is 0 Å². The molecule has 0 saturated carbocycles. The van der Waals surface area contributed by atoms with E-state index in [0.717, 1.165) is 0 Å². The van der Waals surface area contributed by atoms with E-state index < -0.39 is 0 Å². The Morgan fingerprint density at radius 2 is 1.09 bits per heavy atom. The Labute approximate surface area is 138 Å². The van der Waals surface area contributed by atoms with Crippen LogP contribution in [0.2, 0.25) is 0 Å². The number of nitrogens with zero attached hydrogens (tertiary/aromatic N) is 2. The summed E-state index contributed by atoms with van der Waals surface area (Å²) >= 11 is 0. The van der Waals surface area contributed by atoms with Crippen LogP contribution >= 0.6 is 0 Å². The Morgan fingerprint density at radius 1 is 0.727 bits per heavy atom. The highest BCUT2D eigenvalue weighted by atomic mass is 15.2. The minimum Gasteiger partial charge on any atom is -0.294 e. The van der Waals surface area contributed by atoms with Gasteiger partial charge in [0.2, 0.25) is 0 Å². The van der Waals surface area contributed by atoms with Crippen LogP contribution in [-0.4, -0.2) is 47.1 Å². The summed E-state index contributed by atoms with van der Waals surface area (Å²) in [6, 6.07) is 0. The number of likely N-dealkylation sites (tertiary alicyclic amines) is 2. The van der Waals surface area contributed by atoms with Crippen molar-refractivity contribution >= 4 is 0 Å². The molecular weight excluding hydrogens is 268 g/mol. The molecule has 0 unspecified atom stereocenters. The van der Waals surface area contributed by atoms with Gasteiger partial charge in [-0.25, -0.2) is 0 Å². The first-order valence-corrected chi connectivity index (χ1v) is 9.52. The van der Waals surface area contributed by atoms with Crippen LogP contribution in [0.5, 0.6) is 0 Å². The number of hydrogen-bond acceptors (Lipinski definition) is 2. The van der Waals surface area contributed by atoms with Crippen molar-refractivity contribution in [1.82, 2.24) is 9.80 Å². The lowest BCUT2D eigenvalue weighted by molar-refractivity contribution is 0.0839. The average Bonchev–Trinajstić information content (AvgIpc) is 3.02. The Bertz CT molecular complexity index is 394. The summed E-state index contributed by atoms with van der Waals surface area (Å²) in [5, 5.41) is 0. The number of piperidine rings is 1. The Kier molecular flexibility index (Phi) is 5.77. The lowest BCUT2D eigenvalue weighted by atomic mass is 9.74. The molecule has 2 aliphatic rings. The van der Waals surface area contributed by atoms with Gasteiger partial charge in [0.1, 0.15) is 0 Å². The molecule has 0 N–H and O–H groups in total. The Hall–Kier alpha value is -0.340. The van der Waals surface area contributed by atoms with Crippen LogP contribution in [0.15, 0.2) is 11.1 Å². The fraction of sp³-hybridized carbons (Fsp3) is 0.900. The molecule has 128 valence electrons. The molecule has 2 aliphatic heterocycles. The molecule has 2 nitrogen and oxygen atoms in total. The van der Waals surface area contributed by atoms with Gasteiger partial charge in [-0.1, -0.05) is 18.9 Å². The van der Waals surface area contributed by atoms with Gasteiger partial charge in [-0.2, -0.15) is 0 Å². The van der Waals surface area contributed by atoms with E-state index in [4.69, 9.17) is 0 Å². The Balaban J connectivity index is 2.37. The van der Waals surface area contributed by atoms with Gasteiger partial charge < -0.3 is 0 Å². The van der Waals surface area contributed by atoms with Crippen molar-refractivity contribution in [3.8, 4) is 0 Å². The van der Waals surface area contributed by atoms with Crippen LogP contribution in [0.1, 0.15) is 80.1 Å². The zero-order valence-corrected chi connectivity index (χ0v) is 16.0. The highest BCUT2D eigenvalue weighted by Gasteiger charge is 2.43. The summed E-state index contributed by atoms with van der Waals surface area (Å²) in [7, 11) is 0. The second-order valence-electron chi connectivity index (χ2n) is 8.37. The van der Waals surface area contributed by atoms with E-state index in [2.05, 4.69) is 51.3 Å². The van der Waals surface area contributed by atoms with Crippen molar-refractivity contribution in [2.24, 2.45) is 0 Å². The lowest BCUT2D eigenvalue weighted by Gasteiger charge is -2.51. The van der Waals surface area contributed by atoms with Crippen molar-refractivity contribution in [2.45, 2.75) is 91.1 Å². The molecule has 2 fully saturated rings. The fourth-order valence-corrected chi connectivity index (χ4v) is 5.02. The third kappa shape index (κ3) is 3.43. The standard InChI is InChI=1S/C20H38N2/c1-7-17(2)18(20(5,6)22-15-11-12-16-22)19(3,4)21-13-9-8-10-14-21/h7-16H2,1-6H3/b18-17+. The van der Waals surface area contributed by atoms with Gasteiger partial charge in [-0.3, -0.25) is 9.80 Å². The topological polar surface area (TPSA) is 6.48 Å². The molecule has 0 bridgehead atoms. The van der Waals surface area contributed by atoms with E-state index in [1.165, 1.54) is 64.7 Å². The molecule has 0 aliphatic carbocycles. The van der Waals surface area contributed by atoms with E-state index in [9.17, 15) is 0 Å². The maximum Gasteiger partial charge on any atom is 0.0384 e. The summed E-state index contributed by atoms with van der Waals surface area (Å²) in [6.07, 6.45) is 8.05. The summed E-state index contributed by atoms with van der Waals surface area (Å²) in [5.74, 6) is 0. The monoisotopic (exact) mass is 306 g/mol. The first kappa shape index (κ1) is 18.0. The normalized spacial score (nSPS) is 23.7. The van der Waals surface area contributed by atoms with Gasteiger partial charge in [0.15, 0.2) is 0 Å².